The zero-order chi connectivity index (χ0) is 34.8. The van der Waals surface area contributed by atoms with Crippen LogP contribution in [0.3, 0.4) is 0 Å². The lowest BCUT2D eigenvalue weighted by Crippen LogP contribution is -2.17. The van der Waals surface area contributed by atoms with Gasteiger partial charge in [0.05, 0.1) is 0 Å². The Morgan fingerprint density at radius 3 is 1.69 bits per heavy atom. The van der Waals surface area contributed by atoms with Crippen molar-refractivity contribution in [3.05, 3.63) is 180 Å². The van der Waals surface area contributed by atoms with Crippen LogP contribution in [0.4, 0.5) is 0 Å². The van der Waals surface area contributed by atoms with Crippen LogP contribution in [-0.2, 0) is 11.8 Å². The van der Waals surface area contributed by atoms with Gasteiger partial charge in [0.2, 0.25) is 0 Å². The maximum Gasteiger partial charge on any atom is 0.164 e. The Morgan fingerprint density at radius 1 is 0.462 bits per heavy atom. The first-order valence-corrected chi connectivity index (χ1v) is 18.3. The van der Waals surface area contributed by atoms with Crippen LogP contribution in [0.5, 0.6) is 0 Å². The largest absolute Gasteiger partial charge is 0.208 e. The smallest absolute Gasteiger partial charge is 0.164 e. The molecule has 0 saturated carbocycles. The van der Waals surface area contributed by atoms with E-state index >= 15 is 0 Å². The predicted molar refractivity (Wildman–Crippen MR) is 214 cm³/mol. The molecular weight excluding hydrogens is 631 g/mol. The van der Waals surface area contributed by atoms with Crippen molar-refractivity contribution in [2.45, 2.75) is 38.5 Å². The molecule has 7 aromatic rings. The highest BCUT2D eigenvalue weighted by Gasteiger charge is 2.37. The van der Waals surface area contributed by atoms with Crippen molar-refractivity contribution in [1.82, 2.24) is 15.0 Å². The lowest BCUT2D eigenvalue weighted by molar-refractivity contribution is 0.607. The van der Waals surface area contributed by atoms with Gasteiger partial charge in [0.25, 0.3) is 0 Å². The minimum Gasteiger partial charge on any atom is -0.208 e. The summed E-state index contributed by atoms with van der Waals surface area (Å²) < 4.78 is 0. The van der Waals surface area contributed by atoms with E-state index in [9.17, 15) is 0 Å². The molecule has 0 radical (unpaired) electrons. The number of benzene rings is 6. The summed E-state index contributed by atoms with van der Waals surface area (Å²) in [6.07, 6.45) is 7.73. The SMILES string of the molecule is CC1(C)C2=C(C=CCC2)c2ccc(-c3nc(-c4ccccc4)nc(-c4cccc(-c5cccc6c5Cc5c(-c7ccccc7)cccc5-6)c4)n3)cc21. The fourth-order valence-electron chi connectivity index (χ4n) is 8.73. The molecule has 0 N–H and O–H groups in total. The summed E-state index contributed by atoms with van der Waals surface area (Å²) in [7, 11) is 0. The number of fused-ring (bicyclic) bond motifs is 5. The predicted octanol–water partition coefficient (Wildman–Crippen LogP) is 12.2. The minimum atomic E-state index is -0.0324. The van der Waals surface area contributed by atoms with Gasteiger partial charge < -0.3 is 0 Å². The van der Waals surface area contributed by atoms with Gasteiger partial charge in [-0.3, -0.25) is 0 Å². The molecule has 1 aromatic heterocycles. The first-order chi connectivity index (χ1) is 25.5. The molecule has 3 heteroatoms. The molecule has 0 saturated heterocycles. The van der Waals surface area contributed by atoms with Gasteiger partial charge in [0.15, 0.2) is 17.5 Å². The monoisotopic (exact) mass is 667 g/mol. The van der Waals surface area contributed by atoms with Crippen LogP contribution in [0.1, 0.15) is 48.9 Å². The van der Waals surface area contributed by atoms with E-state index < -0.39 is 0 Å². The number of hydrogen-bond donors (Lipinski definition) is 0. The molecule has 0 aliphatic heterocycles. The van der Waals surface area contributed by atoms with Crippen LogP contribution in [0.2, 0.25) is 0 Å². The fraction of sp³-hybridized carbons (Fsp3) is 0.122. The van der Waals surface area contributed by atoms with Gasteiger partial charge >= 0.3 is 0 Å². The standard InChI is InChI=1S/C49H37N3/c1-49(2)44-25-10-9-20-40(44)41-27-26-35(29-45(41)49)48-51-46(32-16-7-4-8-17-32)50-47(52-48)34-19-11-18-33(28-34)37-22-13-24-39-38-23-12-21-36(42(38)30-43(37)39)31-14-5-3-6-15-31/h3-9,11-24,26-29H,10,25,30H2,1-2H3. The summed E-state index contributed by atoms with van der Waals surface area (Å²) in [5.41, 5.74) is 18.9. The van der Waals surface area contributed by atoms with E-state index in [2.05, 4.69) is 147 Å². The first kappa shape index (κ1) is 30.6. The summed E-state index contributed by atoms with van der Waals surface area (Å²) >= 11 is 0. The van der Waals surface area contributed by atoms with Crippen LogP contribution in [-0.4, -0.2) is 15.0 Å². The molecule has 52 heavy (non-hydrogen) atoms. The summed E-state index contributed by atoms with van der Waals surface area (Å²) in [5, 5.41) is 0. The van der Waals surface area contributed by atoms with Crippen LogP contribution in [0, 0.1) is 0 Å². The highest BCUT2D eigenvalue weighted by Crippen LogP contribution is 2.51. The Hall–Kier alpha value is -6.19. The van der Waals surface area contributed by atoms with Crippen molar-refractivity contribution in [2.75, 3.05) is 0 Å². The van der Waals surface area contributed by atoms with Crippen LogP contribution >= 0.6 is 0 Å². The Balaban J connectivity index is 1.07. The quantitative estimate of drug-likeness (QED) is 0.183. The molecule has 0 atom stereocenters. The maximum atomic E-state index is 5.20. The topological polar surface area (TPSA) is 38.7 Å². The molecule has 0 spiro atoms. The molecule has 3 aliphatic carbocycles. The Labute approximate surface area is 305 Å². The summed E-state index contributed by atoms with van der Waals surface area (Å²) in [4.78, 5) is 15.4. The van der Waals surface area contributed by atoms with Crippen molar-refractivity contribution >= 4 is 5.57 Å². The second-order valence-electron chi connectivity index (χ2n) is 14.7. The molecule has 1 heterocycles. The number of nitrogens with zero attached hydrogens (tertiary/aromatic N) is 3. The van der Waals surface area contributed by atoms with Crippen molar-refractivity contribution in [2.24, 2.45) is 0 Å². The number of allylic oxidation sites excluding steroid dienone is 4. The van der Waals surface area contributed by atoms with Gasteiger partial charge in [-0.2, -0.15) is 0 Å². The minimum absolute atomic E-state index is 0.0324. The van der Waals surface area contributed by atoms with Crippen LogP contribution in [0.15, 0.2) is 157 Å². The zero-order valence-corrected chi connectivity index (χ0v) is 29.4. The lowest BCUT2D eigenvalue weighted by atomic mass is 9.78. The third-order valence-electron chi connectivity index (χ3n) is 11.3. The Kier molecular flexibility index (Phi) is 7.04. The molecule has 6 aromatic carbocycles. The molecule has 0 unspecified atom stereocenters. The molecule has 0 fully saturated rings. The molecule has 10 rings (SSSR count). The summed E-state index contributed by atoms with van der Waals surface area (Å²) in [6, 6.07) is 49.9. The van der Waals surface area contributed by atoms with Crippen molar-refractivity contribution in [1.29, 1.82) is 0 Å². The van der Waals surface area contributed by atoms with E-state index in [-0.39, 0.29) is 5.41 Å². The van der Waals surface area contributed by atoms with Crippen molar-refractivity contribution in [3.63, 3.8) is 0 Å². The molecule has 3 nitrogen and oxygen atoms in total. The second kappa shape index (κ2) is 12.0. The number of hydrogen-bond acceptors (Lipinski definition) is 3. The van der Waals surface area contributed by atoms with E-state index in [0.717, 1.165) is 41.5 Å². The molecular formula is C49H37N3. The zero-order valence-electron chi connectivity index (χ0n) is 29.4. The van der Waals surface area contributed by atoms with Gasteiger partial charge in [0.1, 0.15) is 0 Å². The third kappa shape index (κ3) is 4.92. The van der Waals surface area contributed by atoms with E-state index in [1.54, 1.807) is 0 Å². The third-order valence-corrected chi connectivity index (χ3v) is 11.3. The van der Waals surface area contributed by atoms with Gasteiger partial charge in [0, 0.05) is 22.1 Å². The number of aromatic nitrogens is 3. The lowest BCUT2D eigenvalue weighted by Gasteiger charge is -2.26. The Bertz CT molecular complexity index is 2610. The van der Waals surface area contributed by atoms with E-state index in [4.69, 9.17) is 15.0 Å². The van der Waals surface area contributed by atoms with E-state index in [1.165, 1.54) is 61.2 Å². The van der Waals surface area contributed by atoms with Gasteiger partial charge in [-0.15, -0.1) is 0 Å². The normalized spacial score (nSPS) is 14.9. The average molecular weight is 668 g/mol. The highest BCUT2D eigenvalue weighted by molar-refractivity contribution is 5.90. The molecule has 3 aliphatic rings. The maximum absolute atomic E-state index is 5.20. The first-order valence-electron chi connectivity index (χ1n) is 18.3. The summed E-state index contributed by atoms with van der Waals surface area (Å²) in [6.45, 7) is 4.72. The average Bonchev–Trinajstić information content (AvgIpc) is 3.70. The fourth-order valence-corrected chi connectivity index (χ4v) is 8.73. The molecule has 0 amide bonds. The molecule has 248 valence electrons. The van der Waals surface area contributed by atoms with Gasteiger partial charge in [-0.25, -0.2) is 15.0 Å². The van der Waals surface area contributed by atoms with E-state index in [0.29, 0.717) is 17.5 Å². The van der Waals surface area contributed by atoms with Gasteiger partial charge in [-0.05, 0) is 92.6 Å². The van der Waals surface area contributed by atoms with E-state index in [1.807, 2.05) is 18.2 Å². The Morgan fingerprint density at radius 2 is 1.00 bits per heavy atom. The summed E-state index contributed by atoms with van der Waals surface area (Å²) in [5.74, 6) is 2.04. The van der Waals surface area contributed by atoms with Crippen LogP contribution < -0.4 is 0 Å². The molecule has 0 bridgehead atoms. The van der Waals surface area contributed by atoms with Crippen molar-refractivity contribution in [3.8, 4) is 67.5 Å². The van der Waals surface area contributed by atoms with Crippen molar-refractivity contribution < 1.29 is 0 Å². The number of rotatable bonds is 5. The second-order valence-corrected chi connectivity index (χ2v) is 14.7. The highest BCUT2D eigenvalue weighted by atomic mass is 15.0. The van der Waals surface area contributed by atoms with Crippen LogP contribution in [0.25, 0.3) is 73.1 Å². The van der Waals surface area contributed by atoms with Gasteiger partial charge in [-0.1, -0.05) is 159 Å².